The molecule has 94 valence electrons. The molecule has 0 bridgehead atoms. The molecular weight excluding hydrogens is 274 g/mol. The predicted octanol–water partition coefficient (Wildman–Crippen LogP) is 5.18. The van der Waals surface area contributed by atoms with Crippen LogP contribution in [-0.4, -0.2) is 4.98 Å². The zero-order chi connectivity index (χ0) is 12.9. The molecule has 0 N–H and O–H groups in total. The van der Waals surface area contributed by atoms with Crippen LogP contribution in [-0.2, 0) is 5.41 Å². The number of hydrogen-bond donors (Lipinski definition) is 0. The van der Waals surface area contributed by atoms with E-state index < -0.39 is 0 Å². The molecule has 0 spiro atoms. The molecule has 1 atom stereocenters. The van der Waals surface area contributed by atoms with Gasteiger partial charge in [0.05, 0.1) is 0 Å². The fraction of sp³-hybridized carbons (Fsp3) is 0.533. The summed E-state index contributed by atoms with van der Waals surface area (Å²) in [5.41, 5.74) is 2.62. The van der Waals surface area contributed by atoms with Crippen LogP contribution < -0.4 is 0 Å². The van der Waals surface area contributed by atoms with Gasteiger partial charge in [0.15, 0.2) is 0 Å². The van der Waals surface area contributed by atoms with Crippen LogP contribution >= 0.6 is 15.9 Å². The van der Waals surface area contributed by atoms with Crippen molar-refractivity contribution in [2.24, 2.45) is 0 Å². The van der Waals surface area contributed by atoms with Crippen molar-refractivity contribution < 1.29 is 0 Å². The lowest BCUT2D eigenvalue weighted by atomic mass is 9.74. The number of hydrogen-bond acceptors (Lipinski definition) is 1. The van der Waals surface area contributed by atoms with E-state index >= 15 is 0 Å². The molecule has 17 heavy (non-hydrogen) atoms. The van der Waals surface area contributed by atoms with Gasteiger partial charge in [0.2, 0.25) is 0 Å². The molecule has 0 saturated heterocycles. The number of aromatic nitrogens is 1. The zero-order valence-electron chi connectivity index (χ0n) is 11.1. The molecule has 1 rings (SSSR count). The summed E-state index contributed by atoms with van der Waals surface area (Å²) in [6, 6.07) is 4.27. The summed E-state index contributed by atoms with van der Waals surface area (Å²) >= 11 is 3.50. The van der Waals surface area contributed by atoms with E-state index in [2.05, 4.69) is 60.4 Å². The monoisotopic (exact) mass is 295 g/mol. The van der Waals surface area contributed by atoms with Gasteiger partial charge in [0.25, 0.3) is 0 Å². The maximum absolute atomic E-state index is 4.68. The Morgan fingerprint density at radius 1 is 1.41 bits per heavy atom. The van der Waals surface area contributed by atoms with Crippen LogP contribution in [0.1, 0.15) is 50.8 Å². The average molecular weight is 296 g/mol. The highest BCUT2D eigenvalue weighted by molar-refractivity contribution is 9.10. The molecule has 0 saturated carbocycles. The predicted molar refractivity (Wildman–Crippen MR) is 78.4 cm³/mol. The third-order valence-electron chi connectivity index (χ3n) is 3.42. The summed E-state index contributed by atoms with van der Waals surface area (Å²) in [5, 5.41) is 0. The Morgan fingerprint density at radius 3 is 2.59 bits per heavy atom. The third kappa shape index (κ3) is 3.41. The Labute approximate surface area is 113 Å². The lowest BCUT2D eigenvalue weighted by molar-refractivity contribution is 0.367. The first kappa shape index (κ1) is 14.4. The van der Waals surface area contributed by atoms with Crippen LogP contribution in [0.2, 0.25) is 0 Å². The number of allylic oxidation sites excluding steroid dienone is 1. The van der Waals surface area contributed by atoms with Crippen LogP contribution in [0.5, 0.6) is 0 Å². The lowest BCUT2D eigenvalue weighted by Crippen LogP contribution is -2.26. The molecule has 0 aromatic carbocycles. The van der Waals surface area contributed by atoms with Gasteiger partial charge >= 0.3 is 0 Å². The molecule has 1 aromatic heterocycles. The summed E-state index contributed by atoms with van der Waals surface area (Å²) in [5.74, 6) is 0. The van der Waals surface area contributed by atoms with E-state index in [4.69, 9.17) is 0 Å². The normalized spacial score (nSPS) is 14.4. The SMILES string of the molecule is C=CCC(CC)(CCC)c1cc(C)cc(Br)n1. The van der Waals surface area contributed by atoms with Crippen LogP contribution in [0.25, 0.3) is 0 Å². The highest BCUT2D eigenvalue weighted by Crippen LogP contribution is 2.36. The van der Waals surface area contributed by atoms with Gasteiger partial charge in [0.1, 0.15) is 4.60 Å². The molecule has 0 radical (unpaired) electrons. The van der Waals surface area contributed by atoms with Crippen LogP contribution in [0.3, 0.4) is 0 Å². The largest absolute Gasteiger partial charge is 0.245 e. The van der Waals surface area contributed by atoms with E-state index in [1.54, 1.807) is 0 Å². The molecule has 0 amide bonds. The minimum Gasteiger partial charge on any atom is -0.245 e. The molecule has 1 unspecified atom stereocenters. The minimum atomic E-state index is 0.158. The molecule has 0 fully saturated rings. The maximum Gasteiger partial charge on any atom is 0.106 e. The zero-order valence-corrected chi connectivity index (χ0v) is 12.7. The summed E-state index contributed by atoms with van der Waals surface area (Å²) in [4.78, 5) is 4.68. The van der Waals surface area contributed by atoms with Gasteiger partial charge in [0, 0.05) is 11.1 Å². The second kappa shape index (κ2) is 6.34. The molecular formula is C15H22BrN. The summed E-state index contributed by atoms with van der Waals surface area (Å²) in [7, 11) is 0. The molecule has 1 heterocycles. The molecule has 0 aliphatic heterocycles. The van der Waals surface area contributed by atoms with E-state index in [0.29, 0.717) is 0 Å². The van der Waals surface area contributed by atoms with Crippen LogP contribution in [0.15, 0.2) is 29.4 Å². The molecule has 1 aromatic rings. The summed E-state index contributed by atoms with van der Waals surface area (Å²) < 4.78 is 0.936. The van der Waals surface area contributed by atoms with Gasteiger partial charge in [-0.05, 0) is 59.8 Å². The lowest BCUT2D eigenvalue weighted by Gasteiger charge is -2.31. The van der Waals surface area contributed by atoms with Crippen molar-refractivity contribution in [3.05, 3.63) is 40.6 Å². The van der Waals surface area contributed by atoms with E-state index in [-0.39, 0.29) is 5.41 Å². The van der Waals surface area contributed by atoms with Crippen molar-refractivity contribution in [1.29, 1.82) is 0 Å². The first-order chi connectivity index (χ1) is 8.07. The van der Waals surface area contributed by atoms with Gasteiger partial charge in [-0.15, -0.1) is 6.58 Å². The van der Waals surface area contributed by atoms with Crippen molar-refractivity contribution >= 4 is 15.9 Å². The maximum atomic E-state index is 4.68. The molecule has 1 nitrogen and oxygen atoms in total. The summed E-state index contributed by atoms with van der Waals surface area (Å²) in [6.45, 7) is 10.5. The van der Waals surface area contributed by atoms with Crippen molar-refractivity contribution in [2.75, 3.05) is 0 Å². The Kier molecular flexibility index (Phi) is 5.38. The Hall–Kier alpha value is -0.630. The molecule has 0 aliphatic carbocycles. The second-order valence-electron chi connectivity index (χ2n) is 4.73. The van der Waals surface area contributed by atoms with Crippen molar-refractivity contribution in [1.82, 2.24) is 4.98 Å². The fourth-order valence-electron chi connectivity index (χ4n) is 2.49. The van der Waals surface area contributed by atoms with Gasteiger partial charge in [-0.3, -0.25) is 0 Å². The summed E-state index contributed by atoms with van der Waals surface area (Å²) in [6.07, 6.45) is 6.47. The highest BCUT2D eigenvalue weighted by atomic mass is 79.9. The van der Waals surface area contributed by atoms with Gasteiger partial charge in [-0.1, -0.05) is 26.3 Å². The Balaban J connectivity index is 3.23. The molecule has 0 aliphatic rings. The topological polar surface area (TPSA) is 12.9 Å². The van der Waals surface area contributed by atoms with Gasteiger partial charge in [-0.25, -0.2) is 4.98 Å². The van der Waals surface area contributed by atoms with E-state index in [1.165, 1.54) is 24.1 Å². The van der Waals surface area contributed by atoms with Crippen molar-refractivity contribution in [3.8, 4) is 0 Å². The highest BCUT2D eigenvalue weighted by Gasteiger charge is 2.29. The minimum absolute atomic E-state index is 0.158. The smallest absolute Gasteiger partial charge is 0.106 e. The number of nitrogens with zero attached hydrogens (tertiary/aromatic N) is 1. The van der Waals surface area contributed by atoms with Gasteiger partial charge in [-0.2, -0.15) is 0 Å². The van der Waals surface area contributed by atoms with Crippen molar-refractivity contribution in [2.45, 2.75) is 51.9 Å². The number of halogens is 1. The van der Waals surface area contributed by atoms with Gasteiger partial charge < -0.3 is 0 Å². The average Bonchev–Trinajstić information content (AvgIpc) is 2.27. The second-order valence-corrected chi connectivity index (χ2v) is 5.54. The van der Waals surface area contributed by atoms with E-state index in [0.717, 1.165) is 17.4 Å². The molecule has 2 heteroatoms. The fourth-order valence-corrected chi connectivity index (χ4v) is 3.04. The van der Waals surface area contributed by atoms with Crippen LogP contribution in [0.4, 0.5) is 0 Å². The quantitative estimate of drug-likeness (QED) is 0.521. The Bertz CT molecular complexity index is 366. The third-order valence-corrected chi connectivity index (χ3v) is 3.83. The number of pyridine rings is 1. The number of rotatable bonds is 6. The Morgan fingerprint density at radius 2 is 2.12 bits per heavy atom. The number of aryl methyl sites for hydroxylation is 1. The van der Waals surface area contributed by atoms with Crippen molar-refractivity contribution in [3.63, 3.8) is 0 Å². The van der Waals surface area contributed by atoms with E-state index in [1.807, 2.05) is 6.08 Å². The first-order valence-electron chi connectivity index (χ1n) is 6.33. The first-order valence-corrected chi connectivity index (χ1v) is 7.13. The standard InChI is InChI=1S/C15H22BrN/c1-5-8-15(7-3,9-6-2)13-10-12(4)11-14(16)17-13/h5,10-11H,1,6-9H2,2-4H3. The van der Waals surface area contributed by atoms with E-state index in [9.17, 15) is 0 Å². The van der Waals surface area contributed by atoms with Crippen LogP contribution in [0, 0.1) is 6.92 Å².